The molecule has 0 atom stereocenters. The van der Waals surface area contributed by atoms with Gasteiger partial charge in [0.2, 0.25) is 10.0 Å². The van der Waals surface area contributed by atoms with E-state index in [1.54, 1.807) is 19.2 Å². The van der Waals surface area contributed by atoms with E-state index in [0.717, 1.165) is 19.3 Å². The molecule has 0 unspecified atom stereocenters. The van der Waals surface area contributed by atoms with E-state index in [2.05, 4.69) is 5.32 Å². The summed E-state index contributed by atoms with van der Waals surface area (Å²) >= 11 is 0. The van der Waals surface area contributed by atoms with Crippen LogP contribution in [0.2, 0.25) is 0 Å². The first-order valence-electron chi connectivity index (χ1n) is 7.43. The van der Waals surface area contributed by atoms with Crippen molar-refractivity contribution >= 4 is 15.9 Å². The van der Waals surface area contributed by atoms with Crippen LogP contribution in [0.3, 0.4) is 0 Å². The van der Waals surface area contributed by atoms with Gasteiger partial charge in [0.05, 0.1) is 11.5 Å². The highest BCUT2D eigenvalue weighted by atomic mass is 32.2. The number of rotatable bonds is 6. The summed E-state index contributed by atoms with van der Waals surface area (Å²) < 4.78 is 31.6. The molecule has 0 bridgehead atoms. The van der Waals surface area contributed by atoms with Crippen molar-refractivity contribution in [1.29, 1.82) is 0 Å². The highest BCUT2D eigenvalue weighted by Gasteiger charge is 2.26. The Bertz CT molecular complexity index is 610. The molecule has 0 aliphatic carbocycles. The predicted octanol–water partition coefficient (Wildman–Crippen LogP) is 1.24. The fourth-order valence-corrected chi connectivity index (χ4v) is 3.98. The van der Waals surface area contributed by atoms with Gasteiger partial charge in [-0.2, -0.15) is 4.31 Å². The molecule has 1 N–H and O–H groups in total. The Balaban J connectivity index is 2.15. The summed E-state index contributed by atoms with van der Waals surface area (Å²) in [5.41, 5.74) is 0.342. The molecule has 0 saturated carbocycles. The highest BCUT2D eigenvalue weighted by Crippen LogP contribution is 2.21. The first kappa shape index (κ1) is 16.9. The predicted molar refractivity (Wildman–Crippen MR) is 83.3 cm³/mol. The summed E-state index contributed by atoms with van der Waals surface area (Å²) in [4.78, 5) is 12.2. The van der Waals surface area contributed by atoms with Crippen molar-refractivity contribution in [3.8, 4) is 0 Å². The summed E-state index contributed by atoms with van der Waals surface area (Å²) in [7, 11) is -1.96. The standard InChI is InChI=1S/C15H22N2O4S/c1-21-11-8-16-15(18)13-6-5-7-14(12-13)22(19,20)17-9-3-2-4-10-17/h5-7,12H,2-4,8-11H2,1H3,(H,16,18). The lowest BCUT2D eigenvalue weighted by Gasteiger charge is -2.26. The third-order valence-corrected chi connectivity index (χ3v) is 5.54. The number of hydrogen-bond acceptors (Lipinski definition) is 4. The van der Waals surface area contributed by atoms with E-state index < -0.39 is 10.0 Å². The first-order valence-corrected chi connectivity index (χ1v) is 8.87. The van der Waals surface area contributed by atoms with Gasteiger partial charge in [0.1, 0.15) is 0 Å². The fourth-order valence-electron chi connectivity index (χ4n) is 2.42. The van der Waals surface area contributed by atoms with Gasteiger partial charge in [0.25, 0.3) is 5.91 Å². The monoisotopic (exact) mass is 326 g/mol. The summed E-state index contributed by atoms with van der Waals surface area (Å²) in [5.74, 6) is -0.298. The normalized spacial score (nSPS) is 16.4. The van der Waals surface area contributed by atoms with Gasteiger partial charge in [0.15, 0.2) is 0 Å². The minimum atomic E-state index is -3.51. The minimum Gasteiger partial charge on any atom is -0.383 e. The number of ether oxygens (including phenoxy) is 1. The summed E-state index contributed by atoms with van der Waals surface area (Å²) in [6, 6.07) is 6.18. The molecule has 1 aliphatic heterocycles. The van der Waals surface area contributed by atoms with Gasteiger partial charge in [-0.15, -0.1) is 0 Å². The third-order valence-electron chi connectivity index (χ3n) is 3.64. The van der Waals surface area contributed by atoms with Crippen molar-refractivity contribution in [1.82, 2.24) is 9.62 Å². The lowest BCUT2D eigenvalue weighted by atomic mass is 10.2. The van der Waals surface area contributed by atoms with Gasteiger partial charge < -0.3 is 10.1 Å². The van der Waals surface area contributed by atoms with E-state index in [1.807, 2.05) is 0 Å². The number of benzene rings is 1. The smallest absolute Gasteiger partial charge is 0.251 e. The average molecular weight is 326 g/mol. The van der Waals surface area contributed by atoms with Gasteiger partial charge in [-0.05, 0) is 31.0 Å². The van der Waals surface area contributed by atoms with Crippen LogP contribution >= 0.6 is 0 Å². The molecule has 1 heterocycles. The van der Waals surface area contributed by atoms with E-state index >= 15 is 0 Å². The Morgan fingerprint density at radius 3 is 2.68 bits per heavy atom. The molecule has 6 nitrogen and oxygen atoms in total. The van der Waals surface area contributed by atoms with Gasteiger partial charge in [-0.25, -0.2) is 8.42 Å². The van der Waals surface area contributed by atoms with Crippen LogP contribution in [0.1, 0.15) is 29.6 Å². The van der Waals surface area contributed by atoms with Crippen molar-refractivity contribution < 1.29 is 17.9 Å². The number of piperidine rings is 1. The van der Waals surface area contributed by atoms with E-state index in [0.29, 0.717) is 31.8 Å². The Kier molecular flexibility index (Phi) is 5.93. The van der Waals surface area contributed by atoms with E-state index in [-0.39, 0.29) is 10.8 Å². The largest absolute Gasteiger partial charge is 0.383 e. The summed E-state index contributed by atoms with van der Waals surface area (Å²) in [5, 5.41) is 2.69. The molecule has 2 rings (SSSR count). The molecular weight excluding hydrogens is 304 g/mol. The quantitative estimate of drug-likeness (QED) is 0.798. The first-order chi connectivity index (χ1) is 10.6. The molecule has 122 valence electrons. The Hall–Kier alpha value is -1.44. The maximum absolute atomic E-state index is 12.6. The van der Waals surface area contributed by atoms with Gasteiger partial charge in [-0.1, -0.05) is 12.5 Å². The fraction of sp³-hybridized carbons (Fsp3) is 0.533. The number of sulfonamides is 1. The molecule has 1 fully saturated rings. The maximum atomic E-state index is 12.6. The van der Waals surface area contributed by atoms with Crippen molar-refractivity contribution in [2.75, 3.05) is 33.4 Å². The van der Waals surface area contributed by atoms with Crippen LogP contribution in [0.25, 0.3) is 0 Å². The van der Waals surface area contributed by atoms with Gasteiger partial charge in [-0.3, -0.25) is 4.79 Å². The number of amides is 1. The topological polar surface area (TPSA) is 75.7 Å². The van der Waals surface area contributed by atoms with E-state index in [9.17, 15) is 13.2 Å². The molecule has 0 spiro atoms. The second-order valence-electron chi connectivity index (χ2n) is 5.24. The second kappa shape index (κ2) is 7.71. The van der Waals surface area contributed by atoms with Crippen LogP contribution in [0.15, 0.2) is 29.2 Å². The number of nitrogens with zero attached hydrogens (tertiary/aromatic N) is 1. The van der Waals surface area contributed by atoms with E-state index in [1.165, 1.54) is 16.4 Å². The lowest BCUT2D eigenvalue weighted by molar-refractivity contribution is 0.0937. The lowest BCUT2D eigenvalue weighted by Crippen LogP contribution is -2.35. The molecule has 7 heteroatoms. The summed E-state index contributed by atoms with van der Waals surface area (Å²) in [6.07, 6.45) is 2.83. The molecule has 0 aromatic heterocycles. The van der Waals surface area contributed by atoms with Crippen molar-refractivity contribution in [2.45, 2.75) is 24.2 Å². The van der Waals surface area contributed by atoms with Gasteiger partial charge >= 0.3 is 0 Å². The second-order valence-corrected chi connectivity index (χ2v) is 7.18. The Morgan fingerprint density at radius 2 is 2.00 bits per heavy atom. The minimum absolute atomic E-state index is 0.175. The van der Waals surface area contributed by atoms with Gasteiger partial charge in [0, 0.05) is 32.3 Å². The SMILES string of the molecule is COCCNC(=O)c1cccc(S(=O)(=O)N2CCCCC2)c1. The average Bonchev–Trinajstić information content (AvgIpc) is 2.56. The number of hydrogen-bond donors (Lipinski definition) is 1. The number of methoxy groups -OCH3 is 1. The molecule has 1 aliphatic rings. The van der Waals surface area contributed by atoms with Crippen LogP contribution < -0.4 is 5.32 Å². The van der Waals surface area contributed by atoms with Crippen LogP contribution in [0.5, 0.6) is 0 Å². The Labute approximate surface area is 131 Å². The highest BCUT2D eigenvalue weighted by molar-refractivity contribution is 7.89. The van der Waals surface area contributed by atoms with Crippen molar-refractivity contribution in [2.24, 2.45) is 0 Å². The van der Waals surface area contributed by atoms with E-state index in [4.69, 9.17) is 4.74 Å². The molecule has 0 radical (unpaired) electrons. The van der Waals surface area contributed by atoms with Crippen LogP contribution in [-0.4, -0.2) is 52.0 Å². The molecule has 1 amide bonds. The zero-order valence-corrected chi connectivity index (χ0v) is 13.6. The third kappa shape index (κ3) is 4.06. The molecule has 1 aromatic rings. The molecule has 1 saturated heterocycles. The van der Waals surface area contributed by atoms with Crippen LogP contribution in [0, 0.1) is 0 Å². The maximum Gasteiger partial charge on any atom is 0.251 e. The summed E-state index contributed by atoms with van der Waals surface area (Å²) in [6.45, 7) is 1.90. The van der Waals surface area contributed by atoms with Crippen LogP contribution in [0.4, 0.5) is 0 Å². The molecule has 1 aromatic carbocycles. The molecule has 22 heavy (non-hydrogen) atoms. The zero-order chi connectivity index (χ0) is 16.0. The molecular formula is C15H22N2O4S. The number of carbonyl (C=O) groups is 1. The number of carbonyl (C=O) groups excluding carboxylic acids is 1. The number of nitrogens with one attached hydrogen (secondary N) is 1. The Morgan fingerprint density at radius 1 is 1.27 bits per heavy atom. The van der Waals surface area contributed by atoms with Crippen LogP contribution in [-0.2, 0) is 14.8 Å². The van der Waals surface area contributed by atoms with Crippen molar-refractivity contribution in [3.63, 3.8) is 0 Å². The zero-order valence-electron chi connectivity index (χ0n) is 12.7. The van der Waals surface area contributed by atoms with Crippen molar-refractivity contribution in [3.05, 3.63) is 29.8 Å².